The average molecular weight is 742 g/mol. The second kappa shape index (κ2) is 13.1. The second-order valence-corrected chi connectivity index (χ2v) is 15.4. The molecule has 2 heterocycles. The molecule has 0 aliphatic heterocycles. The molecule has 0 atom stereocenters. The third-order valence-electron chi connectivity index (χ3n) is 12.1. The van der Waals surface area contributed by atoms with Crippen LogP contribution in [0.15, 0.2) is 180 Å². The average Bonchev–Trinajstić information content (AvgIpc) is 3.86. The number of benzene rings is 8. The minimum atomic E-state index is 0.0949. The van der Waals surface area contributed by atoms with Crippen molar-refractivity contribution in [1.29, 1.82) is 0 Å². The fourth-order valence-electron chi connectivity index (χ4n) is 9.34. The van der Waals surface area contributed by atoms with Gasteiger partial charge in [0.2, 0.25) is 0 Å². The van der Waals surface area contributed by atoms with Gasteiger partial charge in [-0.05, 0) is 85.5 Å². The molecule has 2 aliphatic rings. The monoisotopic (exact) mass is 741 g/mol. The number of rotatable bonds is 5. The van der Waals surface area contributed by atoms with E-state index < -0.39 is 0 Å². The smallest absolute Gasteiger partial charge is 0.167 e. The number of para-hydroxylation sites is 1. The van der Waals surface area contributed by atoms with Crippen molar-refractivity contribution in [1.82, 2.24) is 15.0 Å². The molecule has 2 aromatic heterocycles. The molecular weight excluding hydrogens is 707 g/mol. The third kappa shape index (κ3) is 5.19. The van der Waals surface area contributed by atoms with Gasteiger partial charge in [0.1, 0.15) is 11.3 Å². The molecule has 0 amide bonds. The Morgan fingerprint density at radius 1 is 0.448 bits per heavy atom. The number of fused-ring (bicyclic) bond motifs is 10. The Bertz CT molecular complexity index is 3180. The lowest BCUT2D eigenvalue weighted by molar-refractivity contribution is 0.596. The minimum Gasteiger partial charge on any atom is -0.456 e. The van der Waals surface area contributed by atoms with Crippen LogP contribution in [0.25, 0.3) is 95.0 Å². The van der Waals surface area contributed by atoms with Gasteiger partial charge in [0.25, 0.3) is 0 Å². The molecular formula is C54H35N3O. The van der Waals surface area contributed by atoms with E-state index >= 15 is 0 Å². The van der Waals surface area contributed by atoms with Gasteiger partial charge in [0.05, 0.1) is 5.56 Å². The Hall–Kier alpha value is -7.43. The van der Waals surface area contributed by atoms with Crippen LogP contribution in [0.1, 0.15) is 40.4 Å². The quantitative estimate of drug-likeness (QED) is 0.176. The first kappa shape index (κ1) is 32.8. The molecule has 8 aromatic carbocycles. The Morgan fingerprint density at radius 2 is 1.00 bits per heavy atom. The second-order valence-electron chi connectivity index (χ2n) is 15.4. The summed E-state index contributed by atoms with van der Waals surface area (Å²) in [4.78, 5) is 15.5. The maximum Gasteiger partial charge on any atom is 0.167 e. The number of hydrogen-bond donors (Lipinski definition) is 0. The number of aryl methyl sites for hydroxylation is 1. The standard InChI is InChI=1S/C54H35N3O/c1-2-11-33(12-3-1)34-21-25-38(26-22-34)52-55-53(57-54(56-52)46-19-10-18-43-42-17-8-9-20-47(42)58-51(43)46)39-27-23-37(24-28-39)48-44-31-29-35-13-4-6-15-40(35)49(44)50-41-16-7-5-14-36(41)30-32-45(48)50/h1-7,9-16,18-32,48H,8,17H2. The molecule has 0 radical (unpaired) electrons. The normalized spacial score (nSPS) is 13.2. The van der Waals surface area contributed by atoms with Gasteiger partial charge in [-0.3, -0.25) is 0 Å². The molecule has 2 aliphatic carbocycles. The molecule has 4 nitrogen and oxygen atoms in total. The molecule has 272 valence electrons. The van der Waals surface area contributed by atoms with E-state index in [1.165, 1.54) is 60.5 Å². The SMILES string of the molecule is C1=Cc2oc3c(-c4nc(-c5ccc(-c6ccccc6)cc5)nc(-c5ccc(C6c7ccc8ccccc8c7-c7c6ccc6ccccc76)cc5)n4)cccc3c2CC1. The van der Waals surface area contributed by atoms with Crippen molar-refractivity contribution in [3.63, 3.8) is 0 Å². The molecule has 0 unspecified atom stereocenters. The summed E-state index contributed by atoms with van der Waals surface area (Å²) in [5.74, 6) is 2.85. The highest BCUT2D eigenvalue weighted by Gasteiger charge is 2.33. The predicted molar refractivity (Wildman–Crippen MR) is 237 cm³/mol. The van der Waals surface area contributed by atoms with Gasteiger partial charge >= 0.3 is 0 Å². The number of hydrogen-bond acceptors (Lipinski definition) is 4. The zero-order valence-electron chi connectivity index (χ0n) is 31.6. The maximum absolute atomic E-state index is 6.53. The van der Waals surface area contributed by atoms with Crippen LogP contribution in [0.2, 0.25) is 0 Å². The van der Waals surface area contributed by atoms with Gasteiger partial charge < -0.3 is 4.42 Å². The molecule has 0 bridgehead atoms. The van der Waals surface area contributed by atoms with Gasteiger partial charge in [-0.1, -0.05) is 170 Å². The van der Waals surface area contributed by atoms with Crippen LogP contribution in [0.5, 0.6) is 0 Å². The van der Waals surface area contributed by atoms with E-state index in [0.717, 1.165) is 51.8 Å². The largest absolute Gasteiger partial charge is 0.456 e. The number of furan rings is 1. The summed E-state index contributed by atoms with van der Waals surface area (Å²) in [6.45, 7) is 0. The fraction of sp³-hybridized carbons (Fsp3) is 0.0556. The Balaban J connectivity index is 0.999. The zero-order chi connectivity index (χ0) is 38.2. The molecule has 12 rings (SSSR count). The van der Waals surface area contributed by atoms with Crippen LogP contribution >= 0.6 is 0 Å². The summed E-state index contributed by atoms with van der Waals surface area (Å²) < 4.78 is 6.53. The fourth-order valence-corrected chi connectivity index (χ4v) is 9.34. The summed E-state index contributed by atoms with van der Waals surface area (Å²) in [7, 11) is 0. The van der Waals surface area contributed by atoms with Crippen LogP contribution < -0.4 is 0 Å². The van der Waals surface area contributed by atoms with Gasteiger partial charge in [0.15, 0.2) is 17.5 Å². The zero-order valence-corrected chi connectivity index (χ0v) is 31.6. The van der Waals surface area contributed by atoms with Crippen molar-refractivity contribution >= 4 is 38.6 Å². The van der Waals surface area contributed by atoms with Gasteiger partial charge in [-0.2, -0.15) is 0 Å². The Labute approximate surface area is 335 Å². The van der Waals surface area contributed by atoms with Crippen LogP contribution in [-0.4, -0.2) is 15.0 Å². The van der Waals surface area contributed by atoms with Gasteiger partial charge in [-0.25, -0.2) is 15.0 Å². The third-order valence-corrected chi connectivity index (χ3v) is 12.1. The van der Waals surface area contributed by atoms with Crippen LogP contribution in [0, 0.1) is 0 Å². The van der Waals surface area contributed by atoms with Gasteiger partial charge in [-0.15, -0.1) is 0 Å². The molecule has 4 heteroatoms. The minimum absolute atomic E-state index is 0.0949. The highest BCUT2D eigenvalue weighted by molar-refractivity contribution is 6.10. The summed E-state index contributed by atoms with van der Waals surface area (Å²) >= 11 is 0. The van der Waals surface area contributed by atoms with E-state index in [2.05, 4.69) is 176 Å². The molecule has 0 saturated carbocycles. The van der Waals surface area contributed by atoms with Gasteiger partial charge in [0, 0.05) is 28.0 Å². The summed E-state index contributed by atoms with van der Waals surface area (Å²) in [6.07, 6.45) is 6.23. The first-order valence-corrected chi connectivity index (χ1v) is 20.0. The van der Waals surface area contributed by atoms with Crippen molar-refractivity contribution in [3.05, 3.63) is 204 Å². The number of aromatic nitrogens is 3. The molecule has 0 spiro atoms. The molecule has 0 N–H and O–H groups in total. The van der Waals surface area contributed by atoms with Crippen molar-refractivity contribution < 1.29 is 4.42 Å². The Kier molecular flexibility index (Phi) is 7.39. The van der Waals surface area contributed by atoms with Crippen molar-refractivity contribution in [2.75, 3.05) is 0 Å². The van der Waals surface area contributed by atoms with E-state index in [4.69, 9.17) is 19.4 Å². The Morgan fingerprint density at radius 3 is 1.67 bits per heavy atom. The lowest BCUT2D eigenvalue weighted by Crippen LogP contribution is -2.02. The van der Waals surface area contributed by atoms with E-state index in [1.807, 2.05) is 6.07 Å². The van der Waals surface area contributed by atoms with Crippen molar-refractivity contribution in [2.45, 2.75) is 18.8 Å². The van der Waals surface area contributed by atoms with Crippen LogP contribution in [-0.2, 0) is 6.42 Å². The maximum atomic E-state index is 6.53. The molecule has 0 saturated heterocycles. The molecule has 10 aromatic rings. The van der Waals surface area contributed by atoms with E-state index in [9.17, 15) is 0 Å². The summed E-state index contributed by atoms with van der Waals surface area (Å²) in [6, 6.07) is 60.8. The van der Waals surface area contributed by atoms with E-state index in [-0.39, 0.29) is 5.92 Å². The highest BCUT2D eigenvalue weighted by Crippen LogP contribution is 2.53. The highest BCUT2D eigenvalue weighted by atomic mass is 16.3. The first-order chi connectivity index (χ1) is 28.7. The van der Waals surface area contributed by atoms with E-state index in [0.29, 0.717) is 17.5 Å². The first-order valence-electron chi connectivity index (χ1n) is 20.0. The van der Waals surface area contributed by atoms with Crippen molar-refractivity contribution in [2.24, 2.45) is 0 Å². The summed E-state index contributed by atoms with van der Waals surface area (Å²) in [5.41, 5.74) is 13.7. The predicted octanol–water partition coefficient (Wildman–Crippen LogP) is 13.7. The lowest BCUT2D eigenvalue weighted by Gasteiger charge is -2.16. The van der Waals surface area contributed by atoms with Crippen molar-refractivity contribution in [3.8, 4) is 56.4 Å². The topological polar surface area (TPSA) is 51.8 Å². The number of allylic oxidation sites excluding steroid dienone is 1. The molecule has 0 fully saturated rings. The lowest BCUT2D eigenvalue weighted by atomic mass is 9.88. The van der Waals surface area contributed by atoms with Crippen LogP contribution in [0.4, 0.5) is 0 Å². The van der Waals surface area contributed by atoms with E-state index in [1.54, 1.807) is 0 Å². The number of nitrogens with zero attached hydrogens (tertiary/aromatic N) is 3. The summed E-state index contributed by atoms with van der Waals surface area (Å²) in [5, 5.41) is 6.22. The molecule has 58 heavy (non-hydrogen) atoms. The van der Waals surface area contributed by atoms with Crippen LogP contribution in [0.3, 0.4) is 0 Å².